The van der Waals surface area contributed by atoms with Gasteiger partial charge in [0.1, 0.15) is 11.6 Å². The Morgan fingerprint density at radius 3 is 2.06 bits per heavy atom. The summed E-state index contributed by atoms with van der Waals surface area (Å²) in [6.45, 7) is 5.68. The van der Waals surface area contributed by atoms with E-state index in [4.69, 9.17) is 4.74 Å². The number of ether oxygens (including phenoxy) is 1. The SMILES string of the molecule is CC(C)(C)OC(=O)N1C[C@@H](c2ccc(F)c(F)c2)[C@H]1C(=O)O.O=C(Cc1cccc2cccnc12)[C@H]1NC[C@H]1c1ccc(F)c(F)c1. The van der Waals surface area contributed by atoms with Crippen LogP contribution in [0, 0.1) is 23.3 Å². The maximum Gasteiger partial charge on any atom is 0.411 e. The van der Waals surface area contributed by atoms with E-state index in [0.717, 1.165) is 39.6 Å². The van der Waals surface area contributed by atoms with Gasteiger partial charge in [0.2, 0.25) is 0 Å². The molecule has 8 nitrogen and oxygen atoms in total. The molecule has 0 spiro atoms. The van der Waals surface area contributed by atoms with E-state index < -0.39 is 52.9 Å². The van der Waals surface area contributed by atoms with Gasteiger partial charge in [0.15, 0.2) is 29.1 Å². The fourth-order valence-corrected chi connectivity index (χ4v) is 5.70. The molecule has 3 heterocycles. The van der Waals surface area contributed by atoms with E-state index in [1.807, 2.05) is 30.3 Å². The van der Waals surface area contributed by atoms with Crippen LogP contribution in [0.5, 0.6) is 0 Å². The van der Waals surface area contributed by atoms with E-state index in [9.17, 15) is 37.1 Å². The van der Waals surface area contributed by atoms with Crippen LogP contribution < -0.4 is 5.32 Å². The molecule has 47 heavy (non-hydrogen) atoms. The van der Waals surface area contributed by atoms with E-state index in [1.165, 1.54) is 12.1 Å². The molecule has 1 aromatic heterocycles. The lowest BCUT2D eigenvalue weighted by atomic mass is 9.81. The number of likely N-dealkylation sites (tertiary alicyclic amines) is 1. The predicted molar refractivity (Wildman–Crippen MR) is 165 cm³/mol. The number of fused-ring (bicyclic) bond motifs is 1. The summed E-state index contributed by atoms with van der Waals surface area (Å²) in [5, 5.41) is 13.4. The normalized spacial score (nSPS) is 20.4. The van der Waals surface area contributed by atoms with Crippen LogP contribution in [0.2, 0.25) is 0 Å². The number of nitrogens with zero attached hydrogens (tertiary/aromatic N) is 2. The molecule has 12 heteroatoms. The molecule has 0 bridgehead atoms. The molecule has 4 atom stereocenters. The van der Waals surface area contributed by atoms with Crippen molar-refractivity contribution in [1.29, 1.82) is 0 Å². The molecular formula is C35H33F4N3O5. The molecule has 2 aliphatic heterocycles. The number of ketones is 1. The molecule has 3 aromatic carbocycles. The molecule has 246 valence electrons. The van der Waals surface area contributed by atoms with E-state index in [1.54, 1.807) is 33.0 Å². The number of Topliss-reactive ketones (excluding diaryl/α,β-unsaturated/α-hetero) is 1. The second-order valence-electron chi connectivity index (χ2n) is 12.5. The second-order valence-corrected chi connectivity index (χ2v) is 12.5. The van der Waals surface area contributed by atoms with Crippen LogP contribution in [0.1, 0.15) is 49.3 Å². The molecule has 0 saturated carbocycles. The number of hydrogen-bond donors (Lipinski definition) is 2. The molecular weight excluding hydrogens is 618 g/mol. The van der Waals surface area contributed by atoms with Crippen molar-refractivity contribution in [3.63, 3.8) is 0 Å². The number of rotatable bonds is 6. The Balaban J connectivity index is 0.000000186. The van der Waals surface area contributed by atoms with Gasteiger partial charge in [-0.1, -0.05) is 36.4 Å². The average molecular weight is 652 g/mol. The third-order valence-corrected chi connectivity index (χ3v) is 8.12. The fraction of sp³-hybridized carbons (Fsp3) is 0.314. The Bertz CT molecular complexity index is 1820. The van der Waals surface area contributed by atoms with Gasteiger partial charge in [-0.3, -0.25) is 14.7 Å². The number of benzene rings is 3. The Morgan fingerprint density at radius 1 is 0.894 bits per heavy atom. The molecule has 2 aliphatic rings. The van der Waals surface area contributed by atoms with Crippen molar-refractivity contribution in [2.75, 3.05) is 13.1 Å². The number of pyridine rings is 1. The van der Waals surface area contributed by atoms with Gasteiger partial charge in [-0.25, -0.2) is 27.2 Å². The van der Waals surface area contributed by atoms with Gasteiger partial charge in [0.25, 0.3) is 0 Å². The molecule has 2 saturated heterocycles. The van der Waals surface area contributed by atoms with Gasteiger partial charge in [-0.2, -0.15) is 0 Å². The van der Waals surface area contributed by atoms with E-state index in [0.29, 0.717) is 17.7 Å². The number of carboxylic acids is 1. The minimum atomic E-state index is -1.22. The summed E-state index contributed by atoms with van der Waals surface area (Å²) in [5.41, 5.74) is 1.94. The highest BCUT2D eigenvalue weighted by atomic mass is 19.2. The standard InChI is InChI=1S/C20H16F2N2O.C15H17F2NO4/c21-16-7-6-13(9-17(16)22)15-11-24-20(15)18(25)10-14-4-1-3-12-5-2-8-23-19(12)14;1-15(2,3)22-14(21)18-7-9(12(18)13(19)20)8-4-5-10(16)11(17)6-8/h1-9,15,20,24H,10-11H2;4-6,9,12H,7H2,1-3H3,(H,19,20)/t15-,20-;9-,12-/m00/s1. The van der Waals surface area contributed by atoms with E-state index in [-0.39, 0.29) is 30.7 Å². The zero-order valence-electron chi connectivity index (χ0n) is 25.8. The number of nitrogens with one attached hydrogen (secondary N) is 1. The summed E-state index contributed by atoms with van der Waals surface area (Å²) in [7, 11) is 0. The highest BCUT2D eigenvalue weighted by Crippen LogP contribution is 2.36. The quantitative estimate of drug-likeness (QED) is 0.242. The first-order valence-electron chi connectivity index (χ1n) is 14.9. The number of aliphatic carboxylic acids is 1. The van der Waals surface area contributed by atoms with Crippen molar-refractivity contribution in [1.82, 2.24) is 15.2 Å². The largest absolute Gasteiger partial charge is 0.480 e. The minimum absolute atomic E-state index is 0.0270. The Kier molecular flexibility index (Phi) is 9.62. The third kappa shape index (κ3) is 7.43. The van der Waals surface area contributed by atoms with Crippen LogP contribution >= 0.6 is 0 Å². The molecule has 0 radical (unpaired) electrons. The number of aromatic nitrogens is 1. The van der Waals surface area contributed by atoms with Gasteiger partial charge < -0.3 is 15.2 Å². The molecule has 2 fully saturated rings. The van der Waals surface area contributed by atoms with Gasteiger partial charge >= 0.3 is 12.1 Å². The van der Waals surface area contributed by atoms with E-state index >= 15 is 0 Å². The van der Waals surface area contributed by atoms with Crippen molar-refractivity contribution in [3.05, 3.63) is 113 Å². The first-order valence-corrected chi connectivity index (χ1v) is 14.9. The molecule has 4 aromatic rings. The number of para-hydroxylation sites is 1. The summed E-state index contributed by atoms with van der Waals surface area (Å²) in [6.07, 6.45) is 1.23. The number of carbonyl (C=O) groups is 3. The van der Waals surface area contributed by atoms with Crippen molar-refractivity contribution in [2.24, 2.45) is 0 Å². The molecule has 6 rings (SSSR count). The fourth-order valence-electron chi connectivity index (χ4n) is 5.70. The average Bonchev–Trinajstić information content (AvgIpc) is 2.95. The number of amides is 1. The smallest absolute Gasteiger partial charge is 0.411 e. The summed E-state index contributed by atoms with van der Waals surface area (Å²) < 4.78 is 57.9. The number of carboxylic acid groups (broad SMARTS) is 1. The van der Waals surface area contributed by atoms with Gasteiger partial charge in [0.05, 0.1) is 11.6 Å². The first-order chi connectivity index (χ1) is 22.2. The molecule has 0 unspecified atom stereocenters. The van der Waals surface area contributed by atoms with Crippen LogP contribution in [-0.4, -0.2) is 63.6 Å². The predicted octanol–water partition coefficient (Wildman–Crippen LogP) is 6.13. The van der Waals surface area contributed by atoms with Crippen LogP contribution in [0.4, 0.5) is 22.4 Å². The summed E-state index contributed by atoms with van der Waals surface area (Å²) >= 11 is 0. The molecule has 2 N–H and O–H groups in total. The van der Waals surface area contributed by atoms with Crippen molar-refractivity contribution in [3.8, 4) is 0 Å². The lowest BCUT2D eigenvalue weighted by molar-refractivity contribution is -0.149. The highest BCUT2D eigenvalue weighted by Gasteiger charge is 2.49. The lowest BCUT2D eigenvalue weighted by Crippen LogP contribution is -2.61. The number of carbonyl (C=O) groups excluding carboxylic acids is 2. The number of hydrogen-bond acceptors (Lipinski definition) is 6. The lowest BCUT2D eigenvalue weighted by Gasteiger charge is -2.45. The zero-order valence-corrected chi connectivity index (χ0v) is 25.8. The van der Waals surface area contributed by atoms with Gasteiger partial charge in [-0.15, -0.1) is 0 Å². The maximum absolute atomic E-state index is 13.5. The maximum atomic E-state index is 13.5. The summed E-state index contributed by atoms with van der Waals surface area (Å²) in [6, 6.07) is 15.1. The molecule has 1 amide bonds. The Labute approximate surface area is 268 Å². The third-order valence-electron chi connectivity index (χ3n) is 8.12. The van der Waals surface area contributed by atoms with Gasteiger partial charge in [0, 0.05) is 42.9 Å². The highest BCUT2D eigenvalue weighted by molar-refractivity contribution is 5.92. The van der Waals surface area contributed by atoms with Crippen LogP contribution in [0.15, 0.2) is 72.9 Å². The molecule has 0 aliphatic carbocycles. The number of halogens is 4. The Morgan fingerprint density at radius 2 is 1.51 bits per heavy atom. The van der Waals surface area contributed by atoms with E-state index in [2.05, 4.69) is 10.3 Å². The van der Waals surface area contributed by atoms with Crippen LogP contribution in [-0.2, 0) is 20.7 Å². The first kappa shape index (κ1) is 33.5. The topological polar surface area (TPSA) is 109 Å². The van der Waals surface area contributed by atoms with Crippen LogP contribution in [0.25, 0.3) is 10.9 Å². The van der Waals surface area contributed by atoms with Gasteiger partial charge in [-0.05, 0) is 67.8 Å². The second kappa shape index (κ2) is 13.5. The van der Waals surface area contributed by atoms with Crippen molar-refractivity contribution >= 4 is 28.7 Å². The van der Waals surface area contributed by atoms with Crippen LogP contribution in [0.3, 0.4) is 0 Å². The monoisotopic (exact) mass is 651 g/mol. The minimum Gasteiger partial charge on any atom is -0.480 e. The Hall–Kier alpha value is -4.84. The van der Waals surface area contributed by atoms with Crippen molar-refractivity contribution < 1.29 is 41.8 Å². The summed E-state index contributed by atoms with van der Waals surface area (Å²) in [5.74, 6) is -5.72. The van der Waals surface area contributed by atoms with Crippen molar-refractivity contribution in [2.45, 2.75) is 56.7 Å². The summed E-state index contributed by atoms with van der Waals surface area (Å²) in [4.78, 5) is 41.5. The zero-order chi connectivity index (χ0) is 34.0.